The number of carbonyl (C=O) groups is 2. The maximum absolute atomic E-state index is 12.7. The molecule has 48 heavy (non-hydrogen) atoms. The summed E-state index contributed by atoms with van der Waals surface area (Å²) in [6.07, 6.45) is 7.10. The van der Waals surface area contributed by atoms with Gasteiger partial charge in [-0.2, -0.15) is 0 Å². The summed E-state index contributed by atoms with van der Waals surface area (Å²) in [5, 5.41) is 4.17. The Balaban J connectivity index is 0.00000392. The van der Waals surface area contributed by atoms with Crippen LogP contribution in [0, 0.1) is 5.92 Å². The second-order valence-electron chi connectivity index (χ2n) is 12.9. The summed E-state index contributed by atoms with van der Waals surface area (Å²) in [4.78, 5) is 28.0. The Bertz CT molecular complexity index is 1360. The molecule has 2 N–H and O–H groups in total. The third-order valence-electron chi connectivity index (χ3n) is 8.02. The number of carbonyl (C=O) groups excluding carboxylic acids is 2. The monoisotopic (exact) mass is 704 g/mol. The number of halogens is 1. The van der Waals surface area contributed by atoms with E-state index in [2.05, 4.69) is 55.6 Å². The highest BCUT2D eigenvalue weighted by molar-refractivity contribution is 7.83. The molecule has 1 aliphatic rings. The van der Waals surface area contributed by atoms with Gasteiger partial charge in [0.15, 0.2) is 11.0 Å². The number of anilines is 1. The molecule has 268 valence electrons. The number of ether oxygens (including phenoxy) is 2. The maximum Gasteiger partial charge on any atom is 0.409 e. The number of benzene rings is 2. The van der Waals surface area contributed by atoms with Gasteiger partial charge in [-0.1, -0.05) is 57.9 Å². The number of rotatable bonds is 15. The predicted octanol–water partition coefficient (Wildman–Crippen LogP) is 7.50. The summed E-state index contributed by atoms with van der Waals surface area (Å²) in [5.74, 6) is 0.789. The number of fused-ring (bicyclic) bond motifs is 1. The van der Waals surface area contributed by atoms with Crippen LogP contribution in [0.4, 0.5) is 10.5 Å². The van der Waals surface area contributed by atoms with E-state index in [4.69, 9.17) is 21.1 Å². The van der Waals surface area contributed by atoms with Gasteiger partial charge in [-0.15, -0.1) is 0 Å². The molecule has 0 spiro atoms. The van der Waals surface area contributed by atoms with Crippen molar-refractivity contribution in [3.8, 4) is 5.75 Å². The van der Waals surface area contributed by atoms with Gasteiger partial charge in [0.05, 0.1) is 17.2 Å². The van der Waals surface area contributed by atoms with Gasteiger partial charge in [-0.05, 0) is 87.6 Å². The molecule has 0 fully saturated rings. The van der Waals surface area contributed by atoms with Crippen LogP contribution in [0.15, 0.2) is 53.4 Å². The van der Waals surface area contributed by atoms with Crippen molar-refractivity contribution in [2.24, 2.45) is 5.92 Å². The van der Waals surface area contributed by atoms with Crippen LogP contribution in [-0.2, 0) is 26.9 Å². The summed E-state index contributed by atoms with van der Waals surface area (Å²) >= 11 is 6.40. The Morgan fingerprint density at radius 3 is 2.54 bits per heavy atom. The molecule has 9 nitrogen and oxygen atoms in total. The molecule has 1 heterocycles. The van der Waals surface area contributed by atoms with Crippen LogP contribution in [0.3, 0.4) is 0 Å². The molecule has 2 aromatic rings. The fourth-order valence-corrected chi connectivity index (χ4v) is 6.39. The summed E-state index contributed by atoms with van der Waals surface area (Å²) in [6, 6.07) is 11.5. The Morgan fingerprint density at radius 1 is 1.19 bits per heavy atom. The first-order valence-corrected chi connectivity index (χ1v) is 18.6. The van der Waals surface area contributed by atoms with E-state index < -0.39 is 17.1 Å². The molecule has 2 amide bonds. The van der Waals surface area contributed by atoms with E-state index in [1.165, 1.54) is 16.0 Å². The SMILES string of the molecule is CC.CCCc1cc(Cl)ccc1C1COc2ccc(S(=O)NC=O)cc2N(CCC(CC)C(/C=C/CNC(C)(C)C)OC(=O)N(C)C)C1. The number of nitrogens with one attached hydrogen (secondary N) is 2. The smallest absolute Gasteiger partial charge is 0.409 e. The van der Waals surface area contributed by atoms with Crippen molar-refractivity contribution < 1.29 is 23.3 Å². The normalized spacial score (nSPS) is 16.4. The van der Waals surface area contributed by atoms with E-state index >= 15 is 0 Å². The van der Waals surface area contributed by atoms with Crippen molar-refractivity contribution in [2.45, 2.75) is 96.6 Å². The molecule has 0 saturated heterocycles. The van der Waals surface area contributed by atoms with Crippen molar-refractivity contribution in [1.82, 2.24) is 14.9 Å². The van der Waals surface area contributed by atoms with E-state index in [9.17, 15) is 13.8 Å². The third-order valence-corrected chi connectivity index (χ3v) is 9.25. The zero-order valence-corrected chi connectivity index (χ0v) is 31.9. The van der Waals surface area contributed by atoms with E-state index in [0.29, 0.717) is 48.3 Å². The summed E-state index contributed by atoms with van der Waals surface area (Å²) in [7, 11) is 1.68. The largest absolute Gasteiger partial charge is 0.491 e. The molecular formula is C37H57ClN4O5S. The molecule has 4 unspecified atom stereocenters. The summed E-state index contributed by atoms with van der Waals surface area (Å²) in [5.41, 5.74) is 3.19. The van der Waals surface area contributed by atoms with E-state index in [-0.39, 0.29) is 23.5 Å². The minimum atomic E-state index is -1.69. The van der Waals surface area contributed by atoms with Crippen LogP contribution in [0.1, 0.15) is 84.8 Å². The molecule has 2 aromatic carbocycles. The molecule has 0 radical (unpaired) electrons. The van der Waals surface area contributed by atoms with Crippen molar-refractivity contribution in [3.05, 3.63) is 64.7 Å². The second kappa shape index (κ2) is 20.4. The lowest BCUT2D eigenvalue weighted by Gasteiger charge is -2.31. The lowest BCUT2D eigenvalue weighted by Crippen LogP contribution is -2.36. The third kappa shape index (κ3) is 12.7. The average molecular weight is 705 g/mol. The summed E-state index contributed by atoms with van der Waals surface area (Å²) in [6.45, 7) is 17.0. The van der Waals surface area contributed by atoms with Crippen molar-refractivity contribution in [2.75, 3.05) is 45.2 Å². The quantitative estimate of drug-likeness (QED) is 0.146. The topological polar surface area (TPSA) is 100 Å². The lowest BCUT2D eigenvalue weighted by molar-refractivity contribution is -0.108. The van der Waals surface area contributed by atoms with Crippen LogP contribution in [0.2, 0.25) is 5.02 Å². The summed E-state index contributed by atoms with van der Waals surface area (Å²) < 4.78 is 27.5. The van der Waals surface area contributed by atoms with Crippen molar-refractivity contribution in [3.63, 3.8) is 0 Å². The van der Waals surface area contributed by atoms with Gasteiger partial charge >= 0.3 is 6.09 Å². The van der Waals surface area contributed by atoms with Gasteiger partial charge in [0.1, 0.15) is 11.9 Å². The molecule has 0 saturated carbocycles. The first-order valence-electron chi connectivity index (χ1n) is 17.1. The Labute approximate surface area is 296 Å². The molecule has 0 aromatic heterocycles. The fourth-order valence-electron chi connectivity index (χ4n) is 5.56. The number of hydrogen-bond donors (Lipinski definition) is 2. The highest BCUT2D eigenvalue weighted by Crippen LogP contribution is 2.38. The Morgan fingerprint density at radius 2 is 1.92 bits per heavy atom. The van der Waals surface area contributed by atoms with Gasteiger partial charge in [-0.25, -0.2) is 9.00 Å². The van der Waals surface area contributed by atoms with Gasteiger partial charge in [0.2, 0.25) is 6.41 Å². The minimum absolute atomic E-state index is 0.0338. The minimum Gasteiger partial charge on any atom is -0.491 e. The number of aryl methyl sites for hydroxylation is 1. The molecule has 11 heteroatoms. The van der Waals surface area contributed by atoms with Gasteiger partial charge < -0.3 is 24.6 Å². The predicted molar refractivity (Wildman–Crippen MR) is 199 cm³/mol. The van der Waals surface area contributed by atoms with Gasteiger partial charge in [-0.3, -0.25) is 9.52 Å². The van der Waals surface area contributed by atoms with Crippen molar-refractivity contribution >= 4 is 40.8 Å². The lowest BCUT2D eigenvalue weighted by atomic mass is 9.91. The highest BCUT2D eigenvalue weighted by atomic mass is 35.5. The Kier molecular flexibility index (Phi) is 17.5. The molecule has 0 bridgehead atoms. The van der Waals surface area contributed by atoms with Crippen LogP contribution >= 0.6 is 11.6 Å². The van der Waals surface area contributed by atoms with Gasteiger partial charge in [0, 0.05) is 56.1 Å². The Hall–Kier alpha value is -3.08. The van der Waals surface area contributed by atoms with Crippen LogP contribution in [0.25, 0.3) is 0 Å². The number of amides is 2. The standard InChI is InChI=1S/C35H51ClN4O5S.C2H6/c1-8-11-26-20-28(36)13-15-30(26)27-22-40(31-21-29(46(43)38-24-41)14-16-33(31)44-23-27)19-17-25(9-2)32(45-34(42)39(6)7)12-10-18-37-35(3,4)5;1-2/h10,12-16,20-21,24-25,27,32,37H,8-9,11,17-19,22-23H2,1-7H3,(H,38,41);1-2H3/b12-10+;. The van der Waals surface area contributed by atoms with E-state index in [1.807, 2.05) is 50.3 Å². The molecule has 3 rings (SSSR count). The van der Waals surface area contributed by atoms with E-state index in [0.717, 1.165) is 31.4 Å². The van der Waals surface area contributed by atoms with Gasteiger partial charge in [0.25, 0.3) is 0 Å². The maximum atomic E-state index is 12.7. The fraction of sp³-hybridized carbons (Fsp3) is 0.568. The first kappa shape index (κ1) is 41.1. The number of nitrogens with zero attached hydrogens (tertiary/aromatic N) is 2. The zero-order chi connectivity index (χ0) is 35.9. The number of hydrogen-bond acceptors (Lipinski definition) is 7. The highest BCUT2D eigenvalue weighted by Gasteiger charge is 2.29. The molecule has 0 aliphatic carbocycles. The van der Waals surface area contributed by atoms with Crippen molar-refractivity contribution in [1.29, 1.82) is 0 Å². The van der Waals surface area contributed by atoms with Crippen LogP contribution in [-0.4, -0.2) is 73.6 Å². The van der Waals surface area contributed by atoms with Crippen LogP contribution < -0.4 is 19.7 Å². The second-order valence-corrected chi connectivity index (χ2v) is 14.6. The first-order chi connectivity index (χ1) is 22.9. The molecule has 4 atom stereocenters. The van der Waals surface area contributed by atoms with Crippen LogP contribution in [0.5, 0.6) is 5.75 Å². The zero-order valence-electron chi connectivity index (χ0n) is 30.3. The molecular weight excluding hydrogens is 648 g/mol. The molecule has 1 aliphatic heterocycles. The van der Waals surface area contributed by atoms with E-state index in [1.54, 1.807) is 20.2 Å². The average Bonchev–Trinajstić information content (AvgIpc) is 3.23.